The lowest BCUT2D eigenvalue weighted by Gasteiger charge is -2.38. The van der Waals surface area contributed by atoms with E-state index in [-0.39, 0.29) is 17.2 Å². The highest BCUT2D eigenvalue weighted by molar-refractivity contribution is 7.98. The van der Waals surface area contributed by atoms with Crippen molar-refractivity contribution in [3.05, 3.63) is 76.0 Å². The molecular formula is C27H30N4O2S. The molecule has 0 amide bonds. The monoisotopic (exact) mass is 474 g/mol. The average molecular weight is 475 g/mol. The zero-order valence-corrected chi connectivity index (χ0v) is 21.1. The fraction of sp³-hybridized carbons (Fsp3) is 0.370. The van der Waals surface area contributed by atoms with Crippen LogP contribution in [0.1, 0.15) is 55.0 Å². The molecule has 0 fully saturated rings. The Bertz CT molecular complexity index is 1310. The van der Waals surface area contributed by atoms with Crippen molar-refractivity contribution >= 4 is 23.5 Å². The summed E-state index contributed by atoms with van der Waals surface area (Å²) in [5, 5.41) is 9.01. The topological polar surface area (TPSA) is 69.0 Å². The van der Waals surface area contributed by atoms with Gasteiger partial charge < -0.3 is 10.1 Å². The molecular weight excluding hydrogens is 444 g/mol. The molecule has 0 unspecified atom stereocenters. The fourth-order valence-corrected chi connectivity index (χ4v) is 5.89. The van der Waals surface area contributed by atoms with Crippen LogP contribution in [0.25, 0.3) is 0 Å². The number of hydrogen-bond donors (Lipinski definition) is 1. The van der Waals surface area contributed by atoms with Gasteiger partial charge in [0.15, 0.2) is 5.78 Å². The van der Waals surface area contributed by atoms with E-state index in [2.05, 4.69) is 51.2 Å². The number of allylic oxidation sites excluding steroid dienone is 2. The number of para-hydroxylation sites is 1. The second-order valence-corrected chi connectivity index (χ2v) is 10.9. The minimum absolute atomic E-state index is 0.100. The molecule has 1 aromatic heterocycles. The van der Waals surface area contributed by atoms with Gasteiger partial charge in [0.05, 0.1) is 7.11 Å². The first-order valence-electron chi connectivity index (χ1n) is 11.6. The highest BCUT2D eigenvalue weighted by Crippen LogP contribution is 2.47. The SMILES string of the molecule is COc1ccccc1[C@@H]1C2=C(CC(C)(C)CC2=O)Nc2nc(SCc3ccc(C)cc3C)nn21. The third-order valence-corrected chi connectivity index (χ3v) is 7.49. The van der Waals surface area contributed by atoms with Crippen LogP contribution in [0.2, 0.25) is 0 Å². The lowest BCUT2D eigenvalue weighted by atomic mass is 9.73. The standard InChI is InChI=1S/C27H30N4O2S/c1-16-10-11-18(17(2)12-16)15-34-26-29-25-28-20-13-27(3,4)14-21(32)23(20)24(31(25)30-26)19-8-6-7-9-22(19)33-5/h6-12,24H,13-15H2,1-5H3,(H,28,29,30)/t24-/m1/s1. The van der Waals surface area contributed by atoms with E-state index >= 15 is 0 Å². The maximum atomic E-state index is 13.4. The Hall–Kier alpha value is -3.06. The zero-order chi connectivity index (χ0) is 24.0. The quantitative estimate of drug-likeness (QED) is 0.468. The van der Waals surface area contributed by atoms with Crippen molar-refractivity contribution in [2.24, 2.45) is 5.41 Å². The summed E-state index contributed by atoms with van der Waals surface area (Å²) in [7, 11) is 1.66. The molecule has 1 aliphatic heterocycles. The molecule has 0 bridgehead atoms. The first kappa shape index (κ1) is 22.7. The highest BCUT2D eigenvalue weighted by atomic mass is 32.2. The first-order chi connectivity index (χ1) is 16.3. The predicted octanol–water partition coefficient (Wildman–Crippen LogP) is 5.85. The maximum Gasteiger partial charge on any atom is 0.227 e. The third kappa shape index (κ3) is 4.13. The third-order valence-electron chi connectivity index (χ3n) is 6.60. The molecule has 3 aromatic rings. The van der Waals surface area contributed by atoms with E-state index in [9.17, 15) is 4.79 Å². The van der Waals surface area contributed by atoms with Gasteiger partial charge in [-0.25, -0.2) is 4.68 Å². The summed E-state index contributed by atoms with van der Waals surface area (Å²) < 4.78 is 7.54. The van der Waals surface area contributed by atoms with Gasteiger partial charge in [0.25, 0.3) is 0 Å². The van der Waals surface area contributed by atoms with Gasteiger partial charge in [0.2, 0.25) is 11.1 Å². The normalized spacial score (nSPS) is 18.9. The van der Waals surface area contributed by atoms with Gasteiger partial charge in [-0.05, 0) is 42.9 Å². The number of hydrogen-bond acceptors (Lipinski definition) is 6. The largest absolute Gasteiger partial charge is 0.496 e. The molecule has 0 saturated carbocycles. The summed E-state index contributed by atoms with van der Waals surface area (Å²) >= 11 is 1.61. The Morgan fingerprint density at radius 1 is 1.18 bits per heavy atom. The lowest BCUT2D eigenvalue weighted by molar-refractivity contribution is -0.118. The number of nitrogens with one attached hydrogen (secondary N) is 1. The van der Waals surface area contributed by atoms with E-state index in [0.717, 1.165) is 34.8 Å². The van der Waals surface area contributed by atoms with Gasteiger partial charge >= 0.3 is 0 Å². The first-order valence-corrected chi connectivity index (χ1v) is 12.6. The number of ether oxygens (including phenoxy) is 1. The number of ketones is 1. The Morgan fingerprint density at radius 2 is 1.97 bits per heavy atom. The van der Waals surface area contributed by atoms with Crippen LogP contribution in [-0.4, -0.2) is 27.7 Å². The van der Waals surface area contributed by atoms with Crippen LogP contribution < -0.4 is 10.1 Å². The summed E-state index contributed by atoms with van der Waals surface area (Å²) in [4.78, 5) is 18.2. The summed E-state index contributed by atoms with van der Waals surface area (Å²) in [6, 6.07) is 14.0. The molecule has 5 rings (SSSR count). The predicted molar refractivity (Wildman–Crippen MR) is 135 cm³/mol. The van der Waals surface area contributed by atoms with E-state index in [4.69, 9.17) is 14.8 Å². The van der Waals surface area contributed by atoms with Crippen molar-refractivity contribution < 1.29 is 9.53 Å². The summed E-state index contributed by atoms with van der Waals surface area (Å²) in [6.45, 7) is 8.52. The Kier molecular flexibility index (Phi) is 5.76. The van der Waals surface area contributed by atoms with Crippen molar-refractivity contribution in [2.75, 3.05) is 12.4 Å². The number of nitrogens with zero attached hydrogens (tertiary/aromatic N) is 3. The molecule has 176 valence electrons. The van der Waals surface area contributed by atoms with Gasteiger partial charge in [-0.15, -0.1) is 5.10 Å². The Labute approximate surface area is 204 Å². The van der Waals surface area contributed by atoms with Crippen LogP contribution in [0.5, 0.6) is 5.75 Å². The second-order valence-electron chi connectivity index (χ2n) is 9.98. The molecule has 0 radical (unpaired) electrons. The molecule has 2 aromatic carbocycles. The van der Waals surface area contributed by atoms with Crippen LogP contribution >= 0.6 is 11.8 Å². The van der Waals surface area contributed by atoms with Crippen molar-refractivity contribution in [2.45, 2.75) is 57.5 Å². The van der Waals surface area contributed by atoms with Crippen LogP contribution in [0.4, 0.5) is 5.95 Å². The van der Waals surface area contributed by atoms with Crippen molar-refractivity contribution in [3.8, 4) is 5.75 Å². The molecule has 6 nitrogen and oxygen atoms in total. The fourth-order valence-electron chi connectivity index (χ4n) is 4.98. The molecule has 0 spiro atoms. The number of aryl methyl sites for hydroxylation is 2. The van der Waals surface area contributed by atoms with Crippen LogP contribution in [0, 0.1) is 19.3 Å². The number of fused-ring (bicyclic) bond motifs is 1. The van der Waals surface area contributed by atoms with E-state index in [1.807, 2.05) is 28.9 Å². The van der Waals surface area contributed by atoms with Gasteiger partial charge in [0.1, 0.15) is 11.8 Å². The van der Waals surface area contributed by atoms with E-state index in [1.54, 1.807) is 18.9 Å². The number of thioether (sulfide) groups is 1. The van der Waals surface area contributed by atoms with Crippen molar-refractivity contribution in [1.29, 1.82) is 0 Å². The highest BCUT2D eigenvalue weighted by Gasteiger charge is 2.42. The van der Waals surface area contributed by atoms with Crippen molar-refractivity contribution in [1.82, 2.24) is 14.8 Å². The number of benzene rings is 2. The smallest absolute Gasteiger partial charge is 0.227 e. The molecule has 7 heteroatoms. The van der Waals surface area contributed by atoms with Gasteiger partial charge in [-0.3, -0.25) is 4.79 Å². The summed E-state index contributed by atoms with van der Waals surface area (Å²) in [6.07, 6.45) is 1.30. The van der Waals surface area contributed by atoms with Gasteiger partial charge in [-0.2, -0.15) is 4.98 Å². The molecule has 1 atom stereocenters. The zero-order valence-electron chi connectivity index (χ0n) is 20.3. The number of rotatable bonds is 5. The number of carbonyl (C=O) groups excluding carboxylic acids is 1. The molecule has 2 aliphatic rings. The van der Waals surface area contributed by atoms with Crippen molar-refractivity contribution in [3.63, 3.8) is 0 Å². The van der Waals surface area contributed by atoms with E-state index in [0.29, 0.717) is 17.5 Å². The van der Waals surface area contributed by atoms with Gasteiger partial charge in [-0.1, -0.05) is 67.6 Å². The number of anilines is 1. The van der Waals surface area contributed by atoms with Gasteiger partial charge in [0, 0.05) is 29.0 Å². The van der Waals surface area contributed by atoms with E-state index < -0.39 is 0 Å². The summed E-state index contributed by atoms with van der Waals surface area (Å²) in [5.41, 5.74) is 6.34. The maximum absolute atomic E-state index is 13.4. The number of Topliss-reactive ketones (excluding diaryl/α,β-unsaturated/α-hetero) is 1. The van der Waals surface area contributed by atoms with Crippen LogP contribution in [0.3, 0.4) is 0 Å². The number of methoxy groups -OCH3 is 1. The average Bonchev–Trinajstić information content (AvgIpc) is 3.18. The van der Waals surface area contributed by atoms with Crippen LogP contribution in [0.15, 0.2) is 58.9 Å². The number of aromatic nitrogens is 3. The number of carbonyl (C=O) groups is 1. The molecule has 1 aliphatic carbocycles. The van der Waals surface area contributed by atoms with Crippen LogP contribution in [-0.2, 0) is 10.5 Å². The van der Waals surface area contributed by atoms with E-state index in [1.165, 1.54) is 16.7 Å². The lowest BCUT2D eigenvalue weighted by Crippen LogP contribution is -2.36. The minimum atomic E-state index is -0.367. The molecule has 0 saturated heterocycles. The summed E-state index contributed by atoms with van der Waals surface area (Å²) in [5.74, 6) is 2.35. The molecule has 2 heterocycles. The molecule has 34 heavy (non-hydrogen) atoms. The minimum Gasteiger partial charge on any atom is -0.496 e. The second kappa shape index (κ2) is 8.62. The Balaban J connectivity index is 1.55. The Morgan fingerprint density at radius 3 is 2.74 bits per heavy atom. The molecule has 1 N–H and O–H groups in total.